The van der Waals surface area contributed by atoms with E-state index in [-0.39, 0.29) is 5.41 Å². The third-order valence-corrected chi connectivity index (χ3v) is 13.0. The van der Waals surface area contributed by atoms with Crippen LogP contribution in [-0.4, -0.2) is 19.9 Å². The summed E-state index contributed by atoms with van der Waals surface area (Å²) in [6, 6.07) is 60.3. The summed E-state index contributed by atoms with van der Waals surface area (Å²) in [6.07, 6.45) is 8.25. The van der Waals surface area contributed by atoms with E-state index in [1.807, 2.05) is 78.8 Å². The smallest absolute Gasteiger partial charge is 0.160 e. The maximum absolute atomic E-state index is 5.25. The molecule has 2 aromatic heterocycles. The fourth-order valence-corrected chi connectivity index (χ4v) is 9.87. The summed E-state index contributed by atoms with van der Waals surface area (Å²) in [5.74, 6) is 1.31. The van der Waals surface area contributed by atoms with Crippen LogP contribution in [0.15, 0.2) is 192 Å². The van der Waals surface area contributed by atoms with E-state index in [1.165, 1.54) is 54.3 Å². The van der Waals surface area contributed by atoms with Gasteiger partial charge in [0.2, 0.25) is 0 Å². The van der Waals surface area contributed by atoms with E-state index in [0.29, 0.717) is 11.6 Å². The Hall–Kier alpha value is -7.21. The topological polar surface area (TPSA) is 51.6 Å². The SMILES string of the molecule is CC1(C)c2ccccc2-c2cc3c(cc21)Sc1ccccc1-c1ccccc1/C=C\c1ccc(-c2nc(-c4ccccc4)cc(-c4cnc(-c5ccccc5)nc4)n2)cc1-3. The van der Waals surface area contributed by atoms with E-state index in [9.17, 15) is 0 Å². The van der Waals surface area contributed by atoms with Crippen molar-refractivity contribution in [3.8, 4) is 78.7 Å². The number of hydrogen-bond donors (Lipinski definition) is 0. The molecule has 9 aromatic rings. The van der Waals surface area contributed by atoms with Gasteiger partial charge in [0, 0.05) is 49.9 Å². The Morgan fingerprint density at radius 3 is 1.77 bits per heavy atom. The predicted octanol–water partition coefficient (Wildman–Crippen LogP) is 14.2. The molecule has 0 bridgehead atoms. The number of aromatic nitrogens is 4. The second-order valence-corrected chi connectivity index (χ2v) is 17.0. The van der Waals surface area contributed by atoms with E-state index in [1.54, 1.807) is 0 Å². The van der Waals surface area contributed by atoms with Gasteiger partial charge in [0.1, 0.15) is 0 Å². The van der Waals surface area contributed by atoms with E-state index in [4.69, 9.17) is 19.9 Å². The van der Waals surface area contributed by atoms with Gasteiger partial charge in [-0.25, -0.2) is 19.9 Å². The van der Waals surface area contributed by atoms with Gasteiger partial charge >= 0.3 is 0 Å². The van der Waals surface area contributed by atoms with E-state index < -0.39 is 0 Å². The van der Waals surface area contributed by atoms with Crippen LogP contribution in [0, 0.1) is 0 Å². The predicted molar refractivity (Wildman–Crippen MR) is 247 cm³/mol. The van der Waals surface area contributed by atoms with Crippen LogP contribution >= 0.6 is 11.8 Å². The normalized spacial score (nSPS) is 13.7. The first-order chi connectivity index (χ1) is 29.5. The third kappa shape index (κ3) is 6.26. The molecule has 60 heavy (non-hydrogen) atoms. The van der Waals surface area contributed by atoms with Crippen LogP contribution < -0.4 is 0 Å². The number of fused-ring (bicyclic) bond motifs is 9. The van der Waals surface area contributed by atoms with E-state index >= 15 is 0 Å². The molecular weight excluding hydrogens is 749 g/mol. The molecule has 0 amide bonds. The van der Waals surface area contributed by atoms with Gasteiger partial charge in [-0.3, -0.25) is 0 Å². The second-order valence-electron chi connectivity index (χ2n) is 15.9. The highest BCUT2D eigenvalue weighted by molar-refractivity contribution is 7.99. The average molecular weight is 787 g/mol. The molecule has 0 fully saturated rings. The van der Waals surface area contributed by atoms with Gasteiger partial charge in [-0.15, -0.1) is 0 Å². The minimum absolute atomic E-state index is 0.143. The van der Waals surface area contributed by atoms with Crippen LogP contribution in [0.5, 0.6) is 0 Å². The van der Waals surface area contributed by atoms with Crippen LogP contribution in [0.2, 0.25) is 0 Å². The van der Waals surface area contributed by atoms with Crippen molar-refractivity contribution in [3.63, 3.8) is 0 Å². The van der Waals surface area contributed by atoms with Crippen LogP contribution in [0.3, 0.4) is 0 Å². The highest BCUT2D eigenvalue weighted by atomic mass is 32.2. The quantitative estimate of drug-likeness (QED) is 0.178. The van der Waals surface area contributed by atoms with Gasteiger partial charge in [-0.1, -0.05) is 177 Å². The Morgan fingerprint density at radius 2 is 1.00 bits per heavy atom. The van der Waals surface area contributed by atoms with Crippen molar-refractivity contribution in [2.45, 2.75) is 29.1 Å². The van der Waals surface area contributed by atoms with Crippen molar-refractivity contribution in [1.29, 1.82) is 0 Å². The molecule has 0 atom stereocenters. The fourth-order valence-electron chi connectivity index (χ4n) is 8.74. The Morgan fingerprint density at radius 1 is 0.383 bits per heavy atom. The highest BCUT2D eigenvalue weighted by Crippen LogP contribution is 2.53. The summed E-state index contributed by atoms with van der Waals surface area (Å²) in [6.45, 7) is 4.71. The standard InChI is InChI=1S/C55H38N4S/c1-55(2)47-23-13-11-21-42(47)45-30-46-44-29-39(28-27-36(44)26-25-35-15-9-10-20-41(35)43-22-12-14-24-51(43)60-52(46)31-48(45)55)54-58-49(37-16-5-3-6-17-37)32-50(59-54)40-33-56-53(57-34-40)38-18-7-4-8-19-38/h3-34H,1-2H3/b26-25-. The first kappa shape index (κ1) is 35.9. The first-order valence-electron chi connectivity index (χ1n) is 20.3. The Kier molecular flexibility index (Phi) is 8.72. The van der Waals surface area contributed by atoms with Crippen molar-refractivity contribution in [3.05, 3.63) is 205 Å². The summed E-state index contributed by atoms with van der Waals surface area (Å²) < 4.78 is 0. The van der Waals surface area contributed by atoms with E-state index in [2.05, 4.69) is 141 Å². The minimum Gasteiger partial charge on any atom is -0.236 e. The zero-order chi connectivity index (χ0) is 40.2. The molecule has 0 radical (unpaired) electrons. The maximum atomic E-state index is 5.25. The largest absolute Gasteiger partial charge is 0.236 e. The fraction of sp³-hybridized carbons (Fsp3) is 0.0545. The van der Waals surface area contributed by atoms with Gasteiger partial charge in [0.05, 0.1) is 11.4 Å². The molecule has 1 aliphatic carbocycles. The van der Waals surface area contributed by atoms with Crippen molar-refractivity contribution in [2.75, 3.05) is 0 Å². The maximum Gasteiger partial charge on any atom is 0.160 e. The second kappa shape index (κ2) is 14.6. The summed E-state index contributed by atoms with van der Waals surface area (Å²) in [4.78, 5) is 22.5. The van der Waals surface area contributed by atoms with Crippen LogP contribution in [0.1, 0.15) is 36.1 Å². The van der Waals surface area contributed by atoms with Crippen molar-refractivity contribution in [1.82, 2.24) is 19.9 Å². The Bertz CT molecular complexity index is 3130. The van der Waals surface area contributed by atoms with Crippen LogP contribution in [0.25, 0.3) is 90.8 Å². The van der Waals surface area contributed by atoms with Crippen molar-refractivity contribution < 1.29 is 0 Å². The molecule has 7 aromatic carbocycles. The molecule has 0 spiro atoms. The molecule has 0 saturated carbocycles. The average Bonchev–Trinajstić information content (AvgIpc) is 3.52. The zero-order valence-electron chi connectivity index (χ0n) is 33.2. The molecule has 2 aliphatic rings. The lowest BCUT2D eigenvalue weighted by molar-refractivity contribution is 0.659. The summed E-state index contributed by atoms with van der Waals surface area (Å²) in [7, 11) is 0. The first-order valence-corrected chi connectivity index (χ1v) is 21.1. The molecular formula is C55H38N4S. The van der Waals surface area contributed by atoms with Crippen LogP contribution in [-0.2, 0) is 5.41 Å². The molecule has 4 nitrogen and oxygen atoms in total. The number of nitrogens with zero attached hydrogens (tertiary/aromatic N) is 4. The lowest BCUT2D eigenvalue weighted by Crippen LogP contribution is -2.15. The number of rotatable bonds is 4. The number of hydrogen-bond acceptors (Lipinski definition) is 5. The third-order valence-electron chi connectivity index (χ3n) is 11.9. The van der Waals surface area contributed by atoms with Gasteiger partial charge < -0.3 is 0 Å². The summed E-state index contributed by atoms with van der Waals surface area (Å²) >= 11 is 1.85. The highest BCUT2D eigenvalue weighted by Gasteiger charge is 2.36. The lowest BCUT2D eigenvalue weighted by Gasteiger charge is -2.23. The molecule has 284 valence electrons. The molecule has 11 rings (SSSR count). The molecule has 3 heterocycles. The monoisotopic (exact) mass is 786 g/mol. The summed E-state index contributed by atoms with van der Waals surface area (Å²) in [5, 5.41) is 0. The molecule has 0 saturated heterocycles. The van der Waals surface area contributed by atoms with E-state index in [0.717, 1.165) is 44.8 Å². The van der Waals surface area contributed by atoms with Crippen LogP contribution in [0.4, 0.5) is 0 Å². The van der Waals surface area contributed by atoms with Gasteiger partial charge in [-0.2, -0.15) is 0 Å². The molecule has 0 N–H and O–H groups in total. The lowest BCUT2D eigenvalue weighted by atomic mass is 9.82. The molecule has 1 aliphatic heterocycles. The minimum atomic E-state index is -0.143. The van der Waals surface area contributed by atoms with Crippen molar-refractivity contribution >= 4 is 23.9 Å². The van der Waals surface area contributed by atoms with Gasteiger partial charge in [-0.05, 0) is 86.0 Å². The van der Waals surface area contributed by atoms with Crippen molar-refractivity contribution in [2.24, 2.45) is 0 Å². The Balaban J connectivity index is 1.13. The zero-order valence-corrected chi connectivity index (χ0v) is 34.0. The van der Waals surface area contributed by atoms with Gasteiger partial charge in [0.15, 0.2) is 11.6 Å². The molecule has 5 heteroatoms. The Labute approximate surface area is 354 Å². The summed E-state index contributed by atoms with van der Waals surface area (Å²) in [5.41, 5.74) is 17.5. The number of benzene rings is 7. The van der Waals surface area contributed by atoms with Gasteiger partial charge in [0.25, 0.3) is 0 Å². The molecule has 0 unspecified atom stereocenters.